The molecule has 188 valence electrons. The Bertz CT molecular complexity index is 1060. The second kappa shape index (κ2) is 12.2. The molecule has 1 fully saturated rings. The zero-order chi connectivity index (χ0) is 25.4. The molecule has 2 aromatic carbocycles. The fourth-order valence-electron chi connectivity index (χ4n) is 3.78. The van der Waals surface area contributed by atoms with Gasteiger partial charge in [-0.15, -0.1) is 0 Å². The fraction of sp³-hybridized carbons (Fsp3) is 0.444. The van der Waals surface area contributed by atoms with Crippen LogP contribution < -0.4 is 14.8 Å². The molecular formula is C27H34N2O6. The highest BCUT2D eigenvalue weighted by atomic mass is 16.5. The maximum absolute atomic E-state index is 12.7. The summed E-state index contributed by atoms with van der Waals surface area (Å²) in [5.74, 6) is -0.451. The summed E-state index contributed by atoms with van der Waals surface area (Å²) in [5.41, 5.74) is 2.82. The van der Waals surface area contributed by atoms with Gasteiger partial charge in [-0.2, -0.15) is 0 Å². The van der Waals surface area contributed by atoms with Crippen LogP contribution in [0.4, 0.5) is 5.69 Å². The van der Waals surface area contributed by atoms with E-state index in [1.807, 2.05) is 39.0 Å². The van der Waals surface area contributed by atoms with Gasteiger partial charge in [0, 0.05) is 18.8 Å². The van der Waals surface area contributed by atoms with Crippen molar-refractivity contribution in [3.63, 3.8) is 0 Å². The summed E-state index contributed by atoms with van der Waals surface area (Å²) in [6.07, 6.45) is 2.15. The lowest BCUT2D eigenvalue weighted by Crippen LogP contribution is -2.38. The number of rotatable bonds is 9. The van der Waals surface area contributed by atoms with Gasteiger partial charge < -0.3 is 24.4 Å². The zero-order valence-corrected chi connectivity index (χ0v) is 20.9. The number of piperidine rings is 1. The zero-order valence-electron chi connectivity index (χ0n) is 20.9. The van der Waals surface area contributed by atoms with Gasteiger partial charge in [-0.3, -0.25) is 9.59 Å². The minimum atomic E-state index is -1.00. The molecule has 3 rings (SSSR count). The Morgan fingerprint density at radius 3 is 2.43 bits per heavy atom. The molecule has 1 aliphatic heterocycles. The van der Waals surface area contributed by atoms with Crippen LogP contribution in [0.2, 0.25) is 0 Å². The van der Waals surface area contributed by atoms with Crippen LogP contribution in [0.5, 0.6) is 11.5 Å². The topological polar surface area (TPSA) is 94.2 Å². The van der Waals surface area contributed by atoms with Gasteiger partial charge in [0.2, 0.25) is 0 Å². The van der Waals surface area contributed by atoms with Crippen molar-refractivity contribution in [1.82, 2.24) is 4.90 Å². The number of carbonyl (C=O) groups excluding carboxylic acids is 3. The maximum Gasteiger partial charge on any atom is 0.339 e. The molecule has 1 atom stereocenters. The third-order valence-electron chi connectivity index (χ3n) is 5.84. The van der Waals surface area contributed by atoms with Gasteiger partial charge in [-0.05, 0) is 82.3 Å². The quantitative estimate of drug-likeness (QED) is 0.536. The predicted molar refractivity (Wildman–Crippen MR) is 133 cm³/mol. The molecule has 0 saturated carbocycles. The molecule has 1 unspecified atom stereocenters. The normalized spacial score (nSPS) is 14.1. The molecule has 8 nitrogen and oxygen atoms in total. The molecule has 2 amide bonds. The molecule has 1 aliphatic rings. The largest absolute Gasteiger partial charge is 0.490 e. The van der Waals surface area contributed by atoms with Crippen LogP contribution in [0.25, 0.3) is 0 Å². The van der Waals surface area contributed by atoms with Crippen molar-refractivity contribution < 1.29 is 28.6 Å². The number of ether oxygens (including phenoxy) is 3. The first-order valence-electron chi connectivity index (χ1n) is 12.0. The van der Waals surface area contributed by atoms with Crippen LogP contribution in [-0.4, -0.2) is 55.1 Å². The summed E-state index contributed by atoms with van der Waals surface area (Å²) in [6, 6.07) is 10.3. The molecule has 0 aromatic heterocycles. The number of anilines is 1. The number of amides is 2. The molecule has 0 aliphatic carbocycles. The summed E-state index contributed by atoms with van der Waals surface area (Å²) in [4.78, 5) is 39.5. The van der Waals surface area contributed by atoms with Gasteiger partial charge in [0.05, 0.1) is 12.2 Å². The van der Waals surface area contributed by atoms with Crippen LogP contribution in [0, 0.1) is 13.8 Å². The summed E-state index contributed by atoms with van der Waals surface area (Å²) in [6.45, 7) is 8.92. The number of aryl methyl sites for hydroxylation is 2. The third kappa shape index (κ3) is 7.21. The van der Waals surface area contributed by atoms with Crippen molar-refractivity contribution in [1.29, 1.82) is 0 Å². The maximum atomic E-state index is 12.7. The molecule has 8 heteroatoms. The van der Waals surface area contributed by atoms with Gasteiger partial charge in [-0.25, -0.2) is 4.79 Å². The molecule has 0 spiro atoms. The monoisotopic (exact) mass is 482 g/mol. The number of hydrogen-bond acceptors (Lipinski definition) is 6. The Balaban J connectivity index is 1.62. The Kier molecular flexibility index (Phi) is 9.11. The van der Waals surface area contributed by atoms with E-state index >= 15 is 0 Å². The third-order valence-corrected chi connectivity index (χ3v) is 5.84. The lowest BCUT2D eigenvalue weighted by molar-refractivity contribution is -0.134. The minimum Gasteiger partial charge on any atom is -0.490 e. The standard InChI is InChI=1S/C27H34N2O6/c1-5-33-24-16-21(11-12-23(24)34-17-25(30)29-13-7-6-8-14-29)27(32)35-20(4)26(31)28-22-15-18(2)9-10-19(22)3/h9-12,15-16,20H,5-8,13-14,17H2,1-4H3,(H,28,31). The smallest absolute Gasteiger partial charge is 0.339 e. The Hall–Kier alpha value is -3.55. The van der Waals surface area contributed by atoms with E-state index in [1.165, 1.54) is 19.1 Å². The van der Waals surface area contributed by atoms with Crippen molar-refractivity contribution in [2.75, 3.05) is 31.6 Å². The molecule has 2 aromatic rings. The number of likely N-dealkylation sites (tertiary alicyclic amines) is 1. The first-order chi connectivity index (χ1) is 16.8. The van der Waals surface area contributed by atoms with E-state index in [0.29, 0.717) is 23.8 Å². The highest BCUT2D eigenvalue weighted by Gasteiger charge is 2.22. The number of esters is 1. The van der Waals surface area contributed by atoms with Gasteiger partial charge in [-0.1, -0.05) is 12.1 Å². The van der Waals surface area contributed by atoms with Gasteiger partial charge in [0.1, 0.15) is 0 Å². The number of nitrogens with one attached hydrogen (secondary N) is 1. The van der Waals surface area contributed by atoms with Gasteiger partial charge >= 0.3 is 5.97 Å². The molecule has 1 N–H and O–H groups in total. The molecular weight excluding hydrogens is 448 g/mol. The molecule has 0 radical (unpaired) electrons. The lowest BCUT2D eigenvalue weighted by atomic mass is 10.1. The van der Waals surface area contributed by atoms with Crippen molar-refractivity contribution in [3.8, 4) is 11.5 Å². The van der Waals surface area contributed by atoms with Crippen molar-refractivity contribution >= 4 is 23.5 Å². The highest BCUT2D eigenvalue weighted by molar-refractivity contribution is 5.98. The second-order valence-electron chi connectivity index (χ2n) is 8.68. The molecule has 35 heavy (non-hydrogen) atoms. The number of hydrogen-bond donors (Lipinski definition) is 1. The number of nitrogens with zero attached hydrogens (tertiary/aromatic N) is 1. The minimum absolute atomic E-state index is 0.0701. The highest BCUT2D eigenvalue weighted by Crippen LogP contribution is 2.29. The van der Waals surface area contributed by atoms with Crippen LogP contribution in [0.15, 0.2) is 36.4 Å². The SMILES string of the molecule is CCOc1cc(C(=O)OC(C)C(=O)Nc2cc(C)ccc2C)ccc1OCC(=O)N1CCCCC1. The number of carbonyl (C=O) groups is 3. The summed E-state index contributed by atoms with van der Waals surface area (Å²) in [7, 11) is 0. The van der Waals surface area contributed by atoms with E-state index in [4.69, 9.17) is 14.2 Å². The van der Waals surface area contributed by atoms with Gasteiger partial charge in [0.25, 0.3) is 11.8 Å². The second-order valence-corrected chi connectivity index (χ2v) is 8.68. The van der Waals surface area contributed by atoms with E-state index in [9.17, 15) is 14.4 Å². The van der Waals surface area contributed by atoms with Crippen molar-refractivity contribution in [2.45, 2.75) is 53.1 Å². The molecule has 0 bridgehead atoms. The lowest BCUT2D eigenvalue weighted by Gasteiger charge is -2.26. The van der Waals surface area contributed by atoms with Crippen molar-refractivity contribution in [3.05, 3.63) is 53.1 Å². The van der Waals surface area contributed by atoms with E-state index in [1.54, 1.807) is 11.0 Å². The van der Waals surface area contributed by atoms with Crippen molar-refractivity contribution in [2.24, 2.45) is 0 Å². The van der Waals surface area contributed by atoms with E-state index in [-0.39, 0.29) is 18.1 Å². The fourth-order valence-corrected chi connectivity index (χ4v) is 3.78. The summed E-state index contributed by atoms with van der Waals surface area (Å²) in [5, 5.41) is 2.81. The Morgan fingerprint density at radius 1 is 0.971 bits per heavy atom. The Labute approximate surface area is 206 Å². The Morgan fingerprint density at radius 2 is 1.71 bits per heavy atom. The van der Waals surface area contributed by atoms with Crippen LogP contribution in [-0.2, 0) is 14.3 Å². The first kappa shape index (κ1) is 26.1. The predicted octanol–water partition coefficient (Wildman–Crippen LogP) is 4.28. The van der Waals surface area contributed by atoms with Crippen LogP contribution in [0.3, 0.4) is 0 Å². The van der Waals surface area contributed by atoms with Gasteiger partial charge in [0.15, 0.2) is 24.2 Å². The summed E-state index contributed by atoms with van der Waals surface area (Å²) < 4.78 is 16.7. The summed E-state index contributed by atoms with van der Waals surface area (Å²) >= 11 is 0. The average Bonchev–Trinajstić information content (AvgIpc) is 2.85. The molecule has 1 heterocycles. The van der Waals surface area contributed by atoms with Crippen LogP contribution >= 0.6 is 0 Å². The van der Waals surface area contributed by atoms with E-state index in [2.05, 4.69) is 5.32 Å². The molecule has 1 saturated heterocycles. The average molecular weight is 483 g/mol. The number of benzene rings is 2. The van der Waals surface area contributed by atoms with E-state index < -0.39 is 18.0 Å². The first-order valence-corrected chi connectivity index (χ1v) is 12.0. The van der Waals surface area contributed by atoms with Crippen LogP contribution in [0.1, 0.15) is 54.6 Å². The van der Waals surface area contributed by atoms with E-state index in [0.717, 1.165) is 43.5 Å².